The SMILES string of the molecule is CC1COCCC1c1cc(N2C3CCC2COC3)nc2n[nH]c(I)c12. The van der Waals surface area contributed by atoms with E-state index < -0.39 is 0 Å². The predicted molar refractivity (Wildman–Crippen MR) is 104 cm³/mol. The molecule has 4 atom stereocenters. The molecule has 3 aliphatic heterocycles. The highest BCUT2D eigenvalue weighted by Crippen LogP contribution is 2.40. The van der Waals surface area contributed by atoms with Gasteiger partial charge >= 0.3 is 0 Å². The van der Waals surface area contributed by atoms with Crippen molar-refractivity contribution in [3.8, 4) is 0 Å². The van der Waals surface area contributed by atoms with Crippen LogP contribution in [0, 0.1) is 9.62 Å². The van der Waals surface area contributed by atoms with E-state index >= 15 is 0 Å². The Bertz CT molecular complexity index is 779. The van der Waals surface area contributed by atoms with Crippen LogP contribution in [0.1, 0.15) is 37.7 Å². The predicted octanol–water partition coefficient (Wildman–Crippen LogP) is 3.07. The van der Waals surface area contributed by atoms with E-state index in [-0.39, 0.29) is 0 Å². The number of pyridine rings is 1. The van der Waals surface area contributed by atoms with Gasteiger partial charge in [0.25, 0.3) is 0 Å². The van der Waals surface area contributed by atoms with Gasteiger partial charge in [0.1, 0.15) is 9.52 Å². The topological polar surface area (TPSA) is 63.3 Å². The van der Waals surface area contributed by atoms with Gasteiger partial charge in [-0.05, 0) is 65.3 Å². The van der Waals surface area contributed by atoms with Gasteiger partial charge in [0.05, 0.1) is 30.7 Å². The molecule has 7 heteroatoms. The van der Waals surface area contributed by atoms with Crippen LogP contribution in [0.15, 0.2) is 6.07 Å². The molecule has 0 aliphatic carbocycles. The number of nitrogens with zero attached hydrogens (tertiary/aromatic N) is 3. The third-order valence-corrected chi connectivity index (χ3v) is 6.82. The summed E-state index contributed by atoms with van der Waals surface area (Å²) < 4.78 is 12.5. The van der Waals surface area contributed by atoms with Crippen LogP contribution in [0.5, 0.6) is 0 Å². The van der Waals surface area contributed by atoms with Gasteiger partial charge in [-0.1, -0.05) is 6.92 Å². The molecular weight excluding hydrogens is 431 g/mol. The zero-order chi connectivity index (χ0) is 17.0. The van der Waals surface area contributed by atoms with E-state index in [9.17, 15) is 0 Å². The molecule has 3 saturated heterocycles. The molecule has 2 aromatic rings. The summed E-state index contributed by atoms with van der Waals surface area (Å²) in [7, 11) is 0. The minimum atomic E-state index is 0.460. The zero-order valence-electron chi connectivity index (χ0n) is 14.4. The van der Waals surface area contributed by atoms with Crippen LogP contribution in [-0.2, 0) is 9.47 Å². The normalized spacial score (nSPS) is 32.5. The molecule has 5 heterocycles. The molecule has 1 N–H and O–H groups in total. The van der Waals surface area contributed by atoms with E-state index in [0.29, 0.717) is 23.9 Å². The van der Waals surface area contributed by atoms with Gasteiger partial charge in [0.15, 0.2) is 5.65 Å². The molecule has 5 rings (SSSR count). The first-order chi connectivity index (χ1) is 12.2. The van der Waals surface area contributed by atoms with E-state index in [1.807, 2.05) is 0 Å². The van der Waals surface area contributed by atoms with E-state index in [4.69, 9.17) is 14.5 Å². The lowest BCUT2D eigenvalue weighted by Gasteiger charge is -2.36. The average molecular weight is 454 g/mol. The van der Waals surface area contributed by atoms with Gasteiger partial charge in [-0.2, -0.15) is 5.10 Å². The number of anilines is 1. The number of nitrogens with one attached hydrogen (secondary N) is 1. The van der Waals surface area contributed by atoms with Crippen LogP contribution in [0.2, 0.25) is 0 Å². The lowest BCUT2D eigenvalue weighted by atomic mass is 9.83. The van der Waals surface area contributed by atoms with Crippen molar-refractivity contribution < 1.29 is 9.47 Å². The summed E-state index contributed by atoms with van der Waals surface area (Å²) in [6.45, 7) is 5.60. The number of aromatic amines is 1. The third-order valence-electron chi connectivity index (χ3n) is 6.04. The number of aromatic nitrogens is 3. The lowest BCUT2D eigenvalue weighted by Crippen LogP contribution is -2.46. The Hall–Kier alpha value is -0.930. The van der Waals surface area contributed by atoms with Crippen LogP contribution < -0.4 is 4.90 Å². The van der Waals surface area contributed by atoms with Crippen molar-refractivity contribution in [3.05, 3.63) is 15.3 Å². The molecule has 0 aromatic carbocycles. The highest BCUT2D eigenvalue weighted by molar-refractivity contribution is 14.1. The summed E-state index contributed by atoms with van der Waals surface area (Å²) in [4.78, 5) is 7.43. The molecule has 25 heavy (non-hydrogen) atoms. The van der Waals surface area contributed by atoms with Crippen molar-refractivity contribution in [1.82, 2.24) is 15.2 Å². The lowest BCUT2D eigenvalue weighted by molar-refractivity contribution is 0.0476. The fraction of sp³-hybridized carbons (Fsp3) is 0.667. The maximum absolute atomic E-state index is 5.75. The number of halogens is 1. The van der Waals surface area contributed by atoms with Crippen molar-refractivity contribution in [2.45, 2.75) is 44.2 Å². The number of hydrogen-bond donors (Lipinski definition) is 1. The second kappa shape index (κ2) is 6.35. The van der Waals surface area contributed by atoms with Gasteiger partial charge in [0, 0.05) is 13.2 Å². The first kappa shape index (κ1) is 16.3. The largest absolute Gasteiger partial charge is 0.381 e. The molecule has 6 nitrogen and oxygen atoms in total. The van der Waals surface area contributed by atoms with Crippen LogP contribution in [0.4, 0.5) is 5.82 Å². The fourth-order valence-electron chi connectivity index (χ4n) is 4.77. The maximum atomic E-state index is 5.75. The monoisotopic (exact) mass is 454 g/mol. The quantitative estimate of drug-likeness (QED) is 0.707. The second-order valence-corrected chi connectivity index (χ2v) is 8.66. The highest BCUT2D eigenvalue weighted by Gasteiger charge is 2.39. The van der Waals surface area contributed by atoms with E-state index in [1.165, 1.54) is 23.8 Å². The number of morpholine rings is 1. The number of hydrogen-bond acceptors (Lipinski definition) is 5. The molecular formula is C18H23IN4O2. The number of fused-ring (bicyclic) bond motifs is 3. The Kier molecular flexibility index (Phi) is 4.13. The first-order valence-corrected chi connectivity index (χ1v) is 10.3. The molecule has 2 bridgehead atoms. The van der Waals surface area contributed by atoms with E-state index in [1.54, 1.807) is 0 Å². The van der Waals surface area contributed by atoms with Crippen molar-refractivity contribution in [1.29, 1.82) is 0 Å². The maximum Gasteiger partial charge on any atom is 0.184 e. The Morgan fingerprint density at radius 2 is 1.96 bits per heavy atom. The summed E-state index contributed by atoms with van der Waals surface area (Å²) in [6, 6.07) is 3.26. The zero-order valence-corrected chi connectivity index (χ0v) is 16.5. The van der Waals surface area contributed by atoms with Crippen LogP contribution in [-0.4, -0.2) is 53.7 Å². The Morgan fingerprint density at radius 1 is 1.16 bits per heavy atom. The van der Waals surface area contributed by atoms with Crippen molar-refractivity contribution in [2.24, 2.45) is 5.92 Å². The highest BCUT2D eigenvalue weighted by atomic mass is 127. The molecule has 3 aliphatic rings. The van der Waals surface area contributed by atoms with Crippen LogP contribution in [0.25, 0.3) is 11.0 Å². The van der Waals surface area contributed by atoms with Crippen LogP contribution in [0.3, 0.4) is 0 Å². The summed E-state index contributed by atoms with van der Waals surface area (Å²) >= 11 is 2.35. The molecule has 134 valence electrons. The minimum Gasteiger partial charge on any atom is -0.381 e. The Morgan fingerprint density at radius 3 is 2.72 bits per heavy atom. The van der Waals surface area contributed by atoms with Crippen molar-refractivity contribution in [3.63, 3.8) is 0 Å². The van der Waals surface area contributed by atoms with Gasteiger partial charge in [-0.25, -0.2) is 4.98 Å². The molecule has 0 spiro atoms. The molecule has 4 unspecified atom stereocenters. The van der Waals surface area contributed by atoms with Crippen LogP contribution >= 0.6 is 22.6 Å². The molecule has 2 aromatic heterocycles. The van der Waals surface area contributed by atoms with Gasteiger partial charge < -0.3 is 14.4 Å². The summed E-state index contributed by atoms with van der Waals surface area (Å²) in [5.74, 6) is 2.10. The van der Waals surface area contributed by atoms with Gasteiger partial charge in [-0.3, -0.25) is 5.10 Å². The first-order valence-electron chi connectivity index (χ1n) is 9.20. The average Bonchev–Trinajstić information content (AvgIpc) is 3.11. The second-order valence-electron chi connectivity index (χ2n) is 7.58. The summed E-state index contributed by atoms with van der Waals surface area (Å²) in [6.07, 6.45) is 3.47. The Labute approximate surface area is 160 Å². The number of ether oxygens (including phenoxy) is 2. The summed E-state index contributed by atoms with van der Waals surface area (Å²) in [5, 5.41) is 8.83. The standard InChI is InChI=1S/C18H23IN4O2/c1-10-7-24-5-4-13(10)14-6-15(20-18-16(14)17(19)21-22-18)23-11-2-3-12(23)9-25-8-11/h6,10-13H,2-5,7-9H2,1H3,(H,20,21,22). The van der Waals surface area contributed by atoms with Crippen molar-refractivity contribution in [2.75, 3.05) is 31.3 Å². The van der Waals surface area contributed by atoms with Gasteiger partial charge in [-0.15, -0.1) is 0 Å². The van der Waals surface area contributed by atoms with E-state index in [0.717, 1.165) is 48.0 Å². The van der Waals surface area contributed by atoms with Crippen molar-refractivity contribution >= 4 is 39.4 Å². The fourth-order valence-corrected chi connectivity index (χ4v) is 5.44. The molecule has 0 saturated carbocycles. The number of rotatable bonds is 2. The Balaban J connectivity index is 1.64. The number of H-pyrrole nitrogens is 1. The summed E-state index contributed by atoms with van der Waals surface area (Å²) in [5.41, 5.74) is 2.24. The van der Waals surface area contributed by atoms with Gasteiger partial charge in [0.2, 0.25) is 0 Å². The van der Waals surface area contributed by atoms with E-state index in [2.05, 4.69) is 50.7 Å². The molecule has 0 radical (unpaired) electrons. The molecule has 0 amide bonds. The third kappa shape index (κ3) is 2.66. The smallest absolute Gasteiger partial charge is 0.184 e. The molecule has 3 fully saturated rings. The minimum absolute atomic E-state index is 0.460.